The second-order valence-corrected chi connectivity index (χ2v) is 3.27. The van der Waals surface area contributed by atoms with Gasteiger partial charge in [0.05, 0.1) is 6.61 Å². The Hall–Kier alpha value is -1.22. The molecule has 1 N–H and O–H groups in total. The molecule has 0 fully saturated rings. The molecule has 1 atom stereocenters. The molecule has 84 valence electrons. The molecule has 0 bridgehead atoms. The average molecular weight is 210 g/mol. The van der Waals surface area contributed by atoms with Crippen LogP contribution in [0.2, 0.25) is 0 Å². The molecule has 3 nitrogen and oxygen atoms in total. The highest BCUT2D eigenvalue weighted by Gasteiger charge is 2.19. The Labute approximate surface area is 90.7 Å². The first-order valence-electron chi connectivity index (χ1n) is 5.25. The standard InChI is InChI=1S/C12H18O3/c1-3-5-7-11-12(6-4-2)15-10(8-13)9-14-11/h4-7,10,13H,3,8-9H2,1-2H3/b6-4-,7-5-. The SMILES string of the molecule is C/C=C\C1=C(/C=C\CC)OCC(CO)O1. The van der Waals surface area contributed by atoms with Gasteiger partial charge in [-0.05, 0) is 25.5 Å². The van der Waals surface area contributed by atoms with Crippen LogP contribution in [0.15, 0.2) is 35.8 Å². The molecule has 0 aliphatic carbocycles. The van der Waals surface area contributed by atoms with Gasteiger partial charge in [0.25, 0.3) is 0 Å². The summed E-state index contributed by atoms with van der Waals surface area (Å²) in [6.07, 6.45) is 8.36. The fraction of sp³-hybridized carbons (Fsp3) is 0.500. The van der Waals surface area contributed by atoms with E-state index in [9.17, 15) is 0 Å². The molecular weight excluding hydrogens is 192 g/mol. The fourth-order valence-electron chi connectivity index (χ4n) is 1.24. The van der Waals surface area contributed by atoms with Crippen molar-refractivity contribution >= 4 is 0 Å². The van der Waals surface area contributed by atoms with Crippen LogP contribution in [0.3, 0.4) is 0 Å². The quantitative estimate of drug-likeness (QED) is 0.772. The lowest BCUT2D eigenvalue weighted by Gasteiger charge is -2.25. The lowest BCUT2D eigenvalue weighted by atomic mass is 10.2. The second-order valence-electron chi connectivity index (χ2n) is 3.27. The zero-order valence-corrected chi connectivity index (χ0v) is 9.27. The Balaban J connectivity index is 2.80. The Morgan fingerprint density at radius 2 is 2.20 bits per heavy atom. The van der Waals surface area contributed by atoms with E-state index in [1.54, 1.807) is 0 Å². The molecule has 0 aromatic heterocycles. The van der Waals surface area contributed by atoms with Gasteiger partial charge in [0.1, 0.15) is 6.61 Å². The van der Waals surface area contributed by atoms with Crippen LogP contribution in [-0.2, 0) is 9.47 Å². The Bertz CT molecular complexity index is 277. The summed E-state index contributed by atoms with van der Waals surface area (Å²) in [7, 11) is 0. The molecule has 3 heteroatoms. The zero-order valence-electron chi connectivity index (χ0n) is 9.27. The van der Waals surface area contributed by atoms with Crippen molar-refractivity contribution in [2.45, 2.75) is 26.4 Å². The maximum atomic E-state index is 8.97. The van der Waals surface area contributed by atoms with Crippen LogP contribution >= 0.6 is 0 Å². The molecule has 15 heavy (non-hydrogen) atoms. The molecule has 1 unspecified atom stereocenters. The molecular formula is C12H18O3. The van der Waals surface area contributed by atoms with Gasteiger partial charge in [-0.2, -0.15) is 0 Å². The number of aliphatic hydroxyl groups is 1. The molecule has 1 rings (SSSR count). The third kappa shape index (κ3) is 3.44. The van der Waals surface area contributed by atoms with Gasteiger partial charge in [-0.1, -0.05) is 19.1 Å². The summed E-state index contributed by atoms with van der Waals surface area (Å²) in [6.45, 7) is 4.36. The minimum Gasteiger partial charge on any atom is -0.486 e. The fourth-order valence-corrected chi connectivity index (χ4v) is 1.24. The minimum absolute atomic E-state index is 0.0220. The van der Waals surface area contributed by atoms with Crippen LogP contribution in [0.1, 0.15) is 20.3 Å². The largest absolute Gasteiger partial charge is 0.486 e. The summed E-state index contributed by atoms with van der Waals surface area (Å²) >= 11 is 0. The smallest absolute Gasteiger partial charge is 0.161 e. The summed E-state index contributed by atoms with van der Waals surface area (Å²) in [4.78, 5) is 0. The van der Waals surface area contributed by atoms with E-state index in [-0.39, 0.29) is 12.7 Å². The van der Waals surface area contributed by atoms with Gasteiger partial charge in [0.2, 0.25) is 0 Å². The van der Waals surface area contributed by atoms with Crippen LogP contribution in [0.25, 0.3) is 0 Å². The Kier molecular flexibility index (Phi) is 4.98. The van der Waals surface area contributed by atoms with Crippen molar-refractivity contribution in [3.63, 3.8) is 0 Å². The van der Waals surface area contributed by atoms with Crippen LogP contribution in [0.5, 0.6) is 0 Å². The number of allylic oxidation sites excluding steroid dienone is 4. The predicted octanol–water partition coefficient (Wildman–Crippen LogP) is 2.15. The second kappa shape index (κ2) is 6.30. The van der Waals surface area contributed by atoms with Gasteiger partial charge >= 0.3 is 0 Å². The molecule has 0 aromatic rings. The minimum atomic E-state index is -0.255. The predicted molar refractivity (Wildman–Crippen MR) is 59.2 cm³/mol. The van der Waals surface area contributed by atoms with E-state index in [4.69, 9.17) is 14.6 Å². The van der Waals surface area contributed by atoms with E-state index in [2.05, 4.69) is 6.92 Å². The molecule has 0 spiro atoms. The summed E-state index contributed by atoms with van der Waals surface area (Å²) in [5.74, 6) is 1.42. The van der Waals surface area contributed by atoms with Crippen molar-refractivity contribution in [1.29, 1.82) is 0 Å². The van der Waals surface area contributed by atoms with Crippen LogP contribution in [0.4, 0.5) is 0 Å². The number of aliphatic hydroxyl groups excluding tert-OH is 1. The molecule has 1 heterocycles. The highest BCUT2D eigenvalue weighted by atomic mass is 16.6. The van der Waals surface area contributed by atoms with Gasteiger partial charge in [0.15, 0.2) is 17.6 Å². The molecule has 0 aromatic carbocycles. The highest BCUT2D eigenvalue weighted by Crippen LogP contribution is 2.20. The molecule has 0 radical (unpaired) electrons. The van der Waals surface area contributed by atoms with Crippen LogP contribution in [-0.4, -0.2) is 24.4 Å². The van der Waals surface area contributed by atoms with Crippen molar-refractivity contribution < 1.29 is 14.6 Å². The van der Waals surface area contributed by atoms with E-state index in [0.29, 0.717) is 12.4 Å². The van der Waals surface area contributed by atoms with E-state index in [1.807, 2.05) is 31.2 Å². The lowest BCUT2D eigenvalue weighted by molar-refractivity contribution is -0.0214. The summed E-state index contributed by atoms with van der Waals surface area (Å²) in [5, 5.41) is 8.97. The van der Waals surface area contributed by atoms with Gasteiger partial charge in [-0.25, -0.2) is 0 Å². The van der Waals surface area contributed by atoms with Crippen molar-refractivity contribution in [3.05, 3.63) is 35.8 Å². The van der Waals surface area contributed by atoms with E-state index < -0.39 is 0 Å². The Morgan fingerprint density at radius 3 is 2.80 bits per heavy atom. The van der Waals surface area contributed by atoms with E-state index in [0.717, 1.165) is 12.2 Å². The molecule has 1 aliphatic rings. The monoisotopic (exact) mass is 210 g/mol. The van der Waals surface area contributed by atoms with Crippen molar-refractivity contribution in [1.82, 2.24) is 0 Å². The first kappa shape index (κ1) is 11.9. The molecule has 0 saturated carbocycles. The first-order valence-corrected chi connectivity index (χ1v) is 5.25. The topological polar surface area (TPSA) is 38.7 Å². The lowest BCUT2D eigenvalue weighted by Crippen LogP contribution is -2.27. The number of ether oxygens (including phenoxy) is 2. The molecule has 0 amide bonds. The number of hydrogen-bond acceptors (Lipinski definition) is 3. The Morgan fingerprint density at radius 1 is 1.40 bits per heavy atom. The maximum absolute atomic E-state index is 8.97. The van der Waals surface area contributed by atoms with Gasteiger partial charge < -0.3 is 14.6 Å². The third-order valence-electron chi connectivity index (χ3n) is 1.99. The maximum Gasteiger partial charge on any atom is 0.161 e. The zero-order chi connectivity index (χ0) is 11.1. The third-order valence-corrected chi connectivity index (χ3v) is 1.99. The number of rotatable bonds is 4. The van der Waals surface area contributed by atoms with Crippen molar-refractivity contribution in [3.8, 4) is 0 Å². The van der Waals surface area contributed by atoms with Crippen LogP contribution < -0.4 is 0 Å². The normalized spacial score (nSPS) is 22.2. The average Bonchev–Trinajstić information content (AvgIpc) is 2.27. The van der Waals surface area contributed by atoms with Crippen molar-refractivity contribution in [2.24, 2.45) is 0 Å². The van der Waals surface area contributed by atoms with Gasteiger partial charge in [0, 0.05) is 0 Å². The molecule has 1 aliphatic heterocycles. The summed E-state index contributed by atoms with van der Waals surface area (Å²) in [6, 6.07) is 0. The van der Waals surface area contributed by atoms with Gasteiger partial charge in [-0.3, -0.25) is 0 Å². The highest BCUT2D eigenvalue weighted by molar-refractivity contribution is 5.26. The molecule has 0 saturated heterocycles. The van der Waals surface area contributed by atoms with Gasteiger partial charge in [-0.15, -0.1) is 0 Å². The first-order chi connectivity index (χ1) is 7.31. The summed E-state index contributed by atoms with van der Waals surface area (Å²) in [5.41, 5.74) is 0. The van der Waals surface area contributed by atoms with Crippen LogP contribution in [0, 0.1) is 0 Å². The van der Waals surface area contributed by atoms with Crippen molar-refractivity contribution in [2.75, 3.05) is 13.2 Å². The summed E-state index contributed by atoms with van der Waals surface area (Å²) < 4.78 is 11.1. The number of hydrogen-bond donors (Lipinski definition) is 1. The van der Waals surface area contributed by atoms with E-state index >= 15 is 0 Å². The van der Waals surface area contributed by atoms with E-state index in [1.165, 1.54) is 0 Å².